The maximum absolute atomic E-state index is 12.1. The standard InChI is InChI=1S/C15H14N4O2/c1-11-9-13(18-21-11)15(20)17-14-7-8-16-19(14)10-12-5-3-2-4-6-12/h2-9H,10H2,1H3,(H,17,20). The van der Waals surface area contributed by atoms with Crippen molar-refractivity contribution in [2.75, 3.05) is 5.32 Å². The molecule has 2 aromatic heterocycles. The SMILES string of the molecule is Cc1cc(C(=O)Nc2ccnn2Cc2ccccc2)no1. The third kappa shape index (κ3) is 3.00. The molecule has 0 unspecified atom stereocenters. The number of anilines is 1. The number of benzene rings is 1. The lowest BCUT2D eigenvalue weighted by Crippen LogP contribution is -2.16. The molecule has 21 heavy (non-hydrogen) atoms. The van der Waals surface area contributed by atoms with Gasteiger partial charge in [0.15, 0.2) is 5.69 Å². The van der Waals surface area contributed by atoms with Crippen molar-refractivity contribution in [1.29, 1.82) is 0 Å². The van der Waals surface area contributed by atoms with Crippen LogP contribution in [-0.2, 0) is 6.54 Å². The monoisotopic (exact) mass is 282 g/mol. The predicted octanol–water partition coefficient (Wildman–Crippen LogP) is 2.48. The third-order valence-electron chi connectivity index (χ3n) is 2.99. The van der Waals surface area contributed by atoms with E-state index in [0.717, 1.165) is 5.56 Å². The number of nitrogens with zero attached hydrogens (tertiary/aromatic N) is 3. The second-order valence-corrected chi connectivity index (χ2v) is 4.64. The Morgan fingerprint density at radius 1 is 1.29 bits per heavy atom. The van der Waals surface area contributed by atoms with Crippen LogP contribution >= 0.6 is 0 Å². The van der Waals surface area contributed by atoms with E-state index in [1.165, 1.54) is 0 Å². The number of carbonyl (C=O) groups is 1. The van der Waals surface area contributed by atoms with Gasteiger partial charge in [-0.05, 0) is 12.5 Å². The fourth-order valence-electron chi connectivity index (χ4n) is 1.97. The zero-order valence-electron chi connectivity index (χ0n) is 11.5. The van der Waals surface area contributed by atoms with Crippen LogP contribution < -0.4 is 5.32 Å². The van der Waals surface area contributed by atoms with Crippen molar-refractivity contribution >= 4 is 11.7 Å². The van der Waals surface area contributed by atoms with E-state index in [9.17, 15) is 4.79 Å². The quantitative estimate of drug-likeness (QED) is 0.798. The number of aryl methyl sites for hydroxylation is 1. The van der Waals surface area contributed by atoms with Gasteiger partial charge >= 0.3 is 0 Å². The molecule has 0 bridgehead atoms. The number of aromatic nitrogens is 3. The number of hydrogen-bond donors (Lipinski definition) is 1. The van der Waals surface area contributed by atoms with Crippen LogP contribution in [0.1, 0.15) is 21.8 Å². The Bertz CT molecular complexity index is 746. The molecule has 0 spiro atoms. The lowest BCUT2D eigenvalue weighted by Gasteiger charge is -2.08. The molecule has 106 valence electrons. The van der Waals surface area contributed by atoms with Gasteiger partial charge in [0.05, 0.1) is 12.7 Å². The average Bonchev–Trinajstić information content (AvgIpc) is 3.10. The van der Waals surface area contributed by atoms with Gasteiger partial charge in [-0.15, -0.1) is 0 Å². The van der Waals surface area contributed by atoms with Crippen molar-refractivity contribution in [2.24, 2.45) is 0 Å². The molecule has 0 aliphatic heterocycles. The van der Waals surface area contributed by atoms with E-state index >= 15 is 0 Å². The van der Waals surface area contributed by atoms with Crippen LogP contribution in [0.5, 0.6) is 0 Å². The Hall–Kier alpha value is -2.89. The molecule has 0 aliphatic rings. The van der Waals surface area contributed by atoms with Crippen molar-refractivity contribution in [3.8, 4) is 0 Å². The summed E-state index contributed by atoms with van der Waals surface area (Å²) in [5, 5.41) is 10.7. The highest BCUT2D eigenvalue weighted by Crippen LogP contribution is 2.12. The molecule has 6 nitrogen and oxygen atoms in total. The zero-order valence-corrected chi connectivity index (χ0v) is 11.5. The van der Waals surface area contributed by atoms with E-state index in [0.29, 0.717) is 18.1 Å². The van der Waals surface area contributed by atoms with Crippen molar-refractivity contribution in [1.82, 2.24) is 14.9 Å². The summed E-state index contributed by atoms with van der Waals surface area (Å²) in [6, 6.07) is 13.2. The first-order valence-electron chi connectivity index (χ1n) is 6.53. The van der Waals surface area contributed by atoms with Crippen LogP contribution in [-0.4, -0.2) is 20.8 Å². The first kappa shape index (κ1) is 13.1. The Balaban J connectivity index is 1.75. The van der Waals surface area contributed by atoms with Gasteiger partial charge in [0, 0.05) is 12.1 Å². The highest BCUT2D eigenvalue weighted by Gasteiger charge is 2.13. The number of rotatable bonds is 4. The molecule has 0 radical (unpaired) electrons. The lowest BCUT2D eigenvalue weighted by atomic mass is 10.2. The molecule has 1 amide bonds. The molecule has 0 saturated heterocycles. The van der Waals surface area contributed by atoms with E-state index in [-0.39, 0.29) is 11.6 Å². The average molecular weight is 282 g/mol. The highest BCUT2D eigenvalue weighted by molar-refractivity contribution is 6.02. The van der Waals surface area contributed by atoms with Crippen molar-refractivity contribution < 1.29 is 9.32 Å². The molecule has 0 saturated carbocycles. The molecule has 0 fully saturated rings. The Morgan fingerprint density at radius 2 is 2.10 bits per heavy atom. The summed E-state index contributed by atoms with van der Waals surface area (Å²) >= 11 is 0. The fraction of sp³-hybridized carbons (Fsp3) is 0.133. The van der Waals surface area contributed by atoms with E-state index in [4.69, 9.17) is 4.52 Å². The molecule has 1 N–H and O–H groups in total. The van der Waals surface area contributed by atoms with Crippen LogP contribution in [0, 0.1) is 6.92 Å². The minimum Gasteiger partial charge on any atom is -0.361 e. The Morgan fingerprint density at radius 3 is 2.81 bits per heavy atom. The van der Waals surface area contributed by atoms with E-state index < -0.39 is 0 Å². The van der Waals surface area contributed by atoms with Crippen molar-refractivity contribution in [3.63, 3.8) is 0 Å². The minimum atomic E-state index is -0.318. The van der Waals surface area contributed by atoms with Gasteiger partial charge in [-0.3, -0.25) is 4.79 Å². The third-order valence-corrected chi connectivity index (χ3v) is 2.99. The second kappa shape index (κ2) is 5.62. The van der Waals surface area contributed by atoms with Gasteiger partial charge in [0.25, 0.3) is 5.91 Å². The first-order valence-corrected chi connectivity index (χ1v) is 6.53. The highest BCUT2D eigenvalue weighted by atomic mass is 16.5. The summed E-state index contributed by atoms with van der Waals surface area (Å²) in [5.41, 5.74) is 1.36. The molecule has 1 aromatic carbocycles. The molecule has 2 heterocycles. The van der Waals surface area contributed by atoms with Gasteiger partial charge in [-0.1, -0.05) is 35.5 Å². The van der Waals surface area contributed by atoms with Crippen LogP contribution in [0.2, 0.25) is 0 Å². The summed E-state index contributed by atoms with van der Waals surface area (Å²) in [6.07, 6.45) is 1.65. The van der Waals surface area contributed by atoms with Gasteiger partial charge in [0.1, 0.15) is 11.6 Å². The largest absolute Gasteiger partial charge is 0.361 e. The minimum absolute atomic E-state index is 0.250. The summed E-state index contributed by atoms with van der Waals surface area (Å²) in [6.45, 7) is 2.32. The van der Waals surface area contributed by atoms with Gasteiger partial charge in [-0.2, -0.15) is 5.10 Å². The first-order chi connectivity index (χ1) is 10.2. The summed E-state index contributed by atoms with van der Waals surface area (Å²) in [7, 11) is 0. The molecular formula is C15H14N4O2. The molecule has 0 aliphatic carbocycles. The summed E-state index contributed by atoms with van der Waals surface area (Å²) in [5.74, 6) is 0.893. The van der Waals surface area contributed by atoms with Crippen LogP contribution in [0.15, 0.2) is 53.2 Å². The summed E-state index contributed by atoms with van der Waals surface area (Å²) < 4.78 is 6.62. The van der Waals surface area contributed by atoms with E-state index in [1.54, 1.807) is 29.9 Å². The van der Waals surface area contributed by atoms with Gasteiger partial charge in [0.2, 0.25) is 0 Å². The molecule has 6 heteroatoms. The predicted molar refractivity (Wildman–Crippen MR) is 77.0 cm³/mol. The smallest absolute Gasteiger partial charge is 0.278 e. The van der Waals surface area contributed by atoms with Crippen LogP contribution in [0.4, 0.5) is 5.82 Å². The number of hydrogen-bond acceptors (Lipinski definition) is 4. The van der Waals surface area contributed by atoms with Crippen LogP contribution in [0.25, 0.3) is 0 Å². The number of nitrogens with one attached hydrogen (secondary N) is 1. The topological polar surface area (TPSA) is 73.0 Å². The fourth-order valence-corrected chi connectivity index (χ4v) is 1.97. The number of carbonyl (C=O) groups excluding carboxylic acids is 1. The maximum Gasteiger partial charge on any atom is 0.278 e. The lowest BCUT2D eigenvalue weighted by molar-refractivity contribution is 0.101. The summed E-state index contributed by atoms with van der Waals surface area (Å²) in [4.78, 5) is 12.1. The molecular weight excluding hydrogens is 268 g/mol. The van der Waals surface area contributed by atoms with E-state index in [2.05, 4.69) is 15.6 Å². The van der Waals surface area contributed by atoms with Gasteiger partial charge in [-0.25, -0.2) is 4.68 Å². The Labute approximate surface area is 121 Å². The maximum atomic E-state index is 12.1. The molecule has 3 aromatic rings. The van der Waals surface area contributed by atoms with Crippen molar-refractivity contribution in [2.45, 2.75) is 13.5 Å². The Kier molecular flexibility index (Phi) is 3.51. The van der Waals surface area contributed by atoms with E-state index in [1.807, 2.05) is 30.3 Å². The normalized spacial score (nSPS) is 10.5. The zero-order chi connectivity index (χ0) is 14.7. The molecule has 0 atom stereocenters. The van der Waals surface area contributed by atoms with Crippen molar-refractivity contribution in [3.05, 3.63) is 65.7 Å². The van der Waals surface area contributed by atoms with Gasteiger partial charge < -0.3 is 9.84 Å². The number of amides is 1. The molecule has 3 rings (SSSR count). The van der Waals surface area contributed by atoms with Crippen LogP contribution in [0.3, 0.4) is 0 Å². The second-order valence-electron chi connectivity index (χ2n) is 4.64.